The third-order valence-electron chi connectivity index (χ3n) is 4.58. The quantitative estimate of drug-likeness (QED) is 0.864. The molecule has 0 saturated carbocycles. The molecular formula is C19H24N2O3. The Labute approximate surface area is 142 Å². The molecule has 128 valence electrons. The number of benzene rings is 1. The molecule has 1 atom stereocenters. The van der Waals surface area contributed by atoms with Gasteiger partial charge in [0.1, 0.15) is 0 Å². The first-order valence-corrected chi connectivity index (χ1v) is 8.63. The van der Waals surface area contributed by atoms with Gasteiger partial charge in [0.2, 0.25) is 11.8 Å². The fraction of sp³-hybridized carbons (Fsp3) is 0.474. The molecule has 0 aromatic heterocycles. The van der Waals surface area contributed by atoms with Crippen LogP contribution in [0, 0.1) is 5.92 Å². The molecule has 1 heterocycles. The number of carbonyl (C=O) groups excluding carboxylic acids is 2. The first-order chi connectivity index (χ1) is 11.7. The topological polar surface area (TPSA) is 58.6 Å². The molecule has 5 heteroatoms. The Hall–Kier alpha value is -2.14. The highest BCUT2D eigenvalue weighted by Gasteiger charge is 2.19. The van der Waals surface area contributed by atoms with Crippen LogP contribution in [0.5, 0.6) is 0 Å². The third kappa shape index (κ3) is 4.45. The predicted octanol–water partition coefficient (Wildman–Crippen LogP) is 2.38. The molecule has 24 heavy (non-hydrogen) atoms. The van der Waals surface area contributed by atoms with E-state index in [-0.39, 0.29) is 17.7 Å². The summed E-state index contributed by atoms with van der Waals surface area (Å²) in [5.74, 6) is 0.276. The average Bonchev–Trinajstić information content (AvgIpc) is 2.65. The standard InChI is InChI=1S/C19H24N2O3/c22-18(21-10-12-24-13-11-21)14-15-6-8-17(9-7-15)20-19(23)16-4-2-1-3-5-16/h1-2,6-9,16H,3-5,10-14H2,(H,20,23). The Balaban J connectivity index is 1.52. The van der Waals surface area contributed by atoms with Gasteiger partial charge in [0.05, 0.1) is 19.6 Å². The molecule has 1 N–H and O–H groups in total. The Morgan fingerprint density at radius 2 is 1.88 bits per heavy atom. The van der Waals surface area contributed by atoms with E-state index in [0.29, 0.717) is 32.7 Å². The number of carbonyl (C=O) groups is 2. The van der Waals surface area contributed by atoms with E-state index in [2.05, 4.69) is 17.5 Å². The van der Waals surface area contributed by atoms with Crippen LogP contribution in [0.3, 0.4) is 0 Å². The summed E-state index contributed by atoms with van der Waals surface area (Å²) >= 11 is 0. The van der Waals surface area contributed by atoms with Gasteiger partial charge < -0.3 is 15.0 Å². The van der Waals surface area contributed by atoms with E-state index in [1.807, 2.05) is 29.2 Å². The number of anilines is 1. The molecule has 1 saturated heterocycles. The van der Waals surface area contributed by atoms with Gasteiger partial charge in [0, 0.05) is 24.7 Å². The van der Waals surface area contributed by atoms with Crippen molar-refractivity contribution in [2.45, 2.75) is 25.7 Å². The van der Waals surface area contributed by atoms with Crippen LogP contribution >= 0.6 is 0 Å². The average molecular weight is 328 g/mol. The maximum atomic E-state index is 12.2. The van der Waals surface area contributed by atoms with Crippen LogP contribution in [-0.2, 0) is 20.7 Å². The maximum absolute atomic E-state index is 12.2. The first-order valence-electron chi connectivity index (χ1n) is 8.63. The summed E-state index contributed by atoms with van der Waals surface area (Å²) in [6, 6.07) is 7.57. The minimum absolute atomic E-state index is 0.0672. The van der Waals surface area contributed by atoms with Crippen LogP contribution in [0.15, 0.2) is 36.4 Å². The van der Waals surface area contributed by atoms with Crippen molar-refractivity contribution in [3.8, 4) is 0 Å². The third-order valence-corrected chi connectivity index (χ3v) is 4.58. The van der Waals surface area contributed by atoms with Crippen LogP contribution in [-0.4, -0.2) is 43.0 Å². The smallest absolute Gasteiger partial charge is 0.227 e. The SMILES string of the molecule is O=C(Nc1ccc(CC(=O)N2CCOCC2)cc1)C1CC=CCC1. The first kappa shape index (κ1) is 16.7. The van der Waals surface area contributed by atoms with E-state index < -0.39 is 0 Å². The Bertz CT molecular complexity index is 604. The fourth-order valence-corrected chi connectivity index (χ4v) is 3.08. The second kappa shape index (κ2) is 8.11. The van der Waals surface area contributed by atoms with E-state index in [9.17, 15) is 9.59 Å². The minimum Gasteiger partial charge on any atom is -0.378 e. The Morgan fingerprint density at radius 1 is 1.12 bits per heavy atom. The zero-order valence-corrected chi connectivity index (χ0v) is 13.9. The fourth-order valence-electron chi connectivity index (χ4n) is 3.08. The summed E-state index contributed by atoms with van der Waals surface area (Å²) in [7, 11) is 0. The highest BCUT2D eigenvalue weighted by atomic mass is 16.5. The maximum Gasteiger partial charge on any atom is 0.227 e. The van der Waals surface area contributed by atoms with Gasteiger partial charge in [0.25, 0.3) is 0 Å². The summed E-state index contributed by atoms with van der Waals surface area (Å²) in [6.07, 6.45) is 7.30. The molecule has 1 aliphatic carbocycles. The lowest BCUT2D eigenvalue weighted by molar-refractivity contribution is -0.134. The lowest BCUT2D eigenvalue weighted by Crippen LogP contribution is -2.41. The van der Waals surface area contributed by atoms with Crippen molar-refractivity contribution in [1.82, 2.24) is 4.90 Å². The van der Waals surface area contributed by atoms with Crippen molar-refractivity contribution >= 4 is 17.5 Å². The van der Waals surface area contributed by atoms with Crippen molar-refractivity contribution < 1.29 is 14.3 Å². The molecule has 0 spiro atoms. The molecule has 0 bridgehead atoms. The van der Waals surface area contributed by atoms with E-state index >= 15 is 0 Å². The number of nitrogens with one attached hydrogen (secondary N) is 1. The summed E-state index contributed by atoms with van der Waals surface area (Å²) in [5, 5.41) is 2.97. The van der Waals surface area contributed by atoms with Crippen LogP contribution in [0.2, 0.25) is 0 Å². The molecule has 1 aliphatic heterocycles. The molecule has 0 radical (unpaired) electrons. The van der Waals surface area contributed by atoms with Crippen molar-refractivity contribution in [1.29, 1.82) is 0 Å². The van der Waals surface area contributed by atoms with Crippen LogP contribution in [0.1, 0.15) is 24.8 Å². The number of hydrogen-bond acceptors (Lipinski definition) is 3. The highest BCUT2D eigenvalue weighted by Crippen LogP contribution is 2.20. The summed E-state index contributed by atoms with van der Waals surface area (Å²) in [4.78, 5) is 26.3. The highest BCUT2D eigenvalue weighted by molar-refractivity contribution is 5.92. The Morgan fingerprint density at radius 3 is 2.54 bits per heavy atom. The largest absolute Gasteiger partial charge is 0.378 e. The van der Waals surface area contributed by atoms with Gasteiger partial charge in [-0.15, -0.1) is 0 Å². The number of ether oxygens (including phenoxy) is 1. The van der Waals surface area contributed by atoms with E-state index in [0.717, 1.165) is 30.5 Å². The Kier molecular flexibility index (Phi) is 5.64. The molecule has 5 nitrogen and oxygen atoms in total. The monoisotopic (exact) mass is 328 g/mol. The second-order valence-corrected chi connectivity index (χ2v) is 6.34. The summed E-state index contributed by atoms with van der Waals surface area (Å²) in [6.45, 7) is 2.58. The predicted molar refractivity (Wildman–Crippen MR) is 92.7 cm³/mol. The van der Waals surface area contributed by atoms with E-state index in [4.69, 9.17) is 4.74 Å². The molecular weight excluding hydrogens is 304 g/mol. The van der Waals surface area contributed by atoms with Gasteiger partial charge in [-0.25, -0.2) is 0 Å². The lowest BCUT2D eigenvalue weighted by atomic mass is 9.93. The van der Waals surface area contributed by atoms with E-state index in [1.165, 1.54) is 0 Å². The normalized spacial score (nSPS) is 20.7. The molecule has 1 unspecified atom stereocenters. The van der Waals surface area contributed by atoms with Crippen molar-refractivity contribution in [2.24, 2.45) is 5.92 Å². The minimum atomic E-state index is 0.0672. The molecule has 1 aromatic carbocycles. The van der Waals surface area contributed by atoms with Crippen molar-refractivity contribution in [3.05, 3.63) is 42.0 Å². The van der Waals surface area contributed by atoms with Gasteiger partial charge >= 0.3 is 0 Å². The number of amides is 2. The molecule has 2 aliphatic rings. The van der Waals surface area contributed by atoms with Crippen molar-refractivity contribution in [3.63, 3.8) is 0 Å². The number of morpholine rings is 1. The van der Waals surface area contributed by atoms with Gasteiger partial charge in [0.15, 0.2) is 0 Å². The van der Waals surface area contributed by atoms with Crippen LogP contribution < -0.4 is 5.32 Å². The summed E-state index contributed by atoms with van der Waals surface area (Å²) < 4.78 is 5.26. The van der Waals surface area contributed by atoms with Gasteiger partial charge in [-0.2, -0.15) is 0 Å². The molecule has 1 fully saturated rings. The van der Waals surface area contributed by atoms with Crippen LogP contribution in [0.25, 0.3) is 0 Å². The number of allylic oxidation sites excluding steroid dienone is 2. The second-order valence-electron chi connectivity index (χ2n) is 6.34. The summed E-state index contributed by atoms with van der Waals surface area (Å²) in [5.41, 5.74) is 1.75. The number of nitrogens with zero attached hydrogens (tertiary/aromatic N) is 1. The molecule has 2 amide bonds. The lowest BCUT2D eigenvalue weighted by Gasteiger charge is -2.26. The zero-order chi connectivity index (χ0) is 16.8. The van der Waals surface area contributed by atoms with Crippen LogP contribution in [0.4, 0.5) is 5.69 Å². The number of rotatable bonds is 4. The zero-order valence-electron chi connectivity index (χ0n) is 13.9. The molecule has 1 aromatic rings. The van der Waals surface area contributed by atoms with Gasteiger partial charge in [-0.05, 0) is 37.0 Å². The van der Waals surface area contributed by atoms with E-state index in [1.54, 1.807) is 0 Å². The van der Waals surface area contributed by atoms with Gasteiger partial charge in [-0.1, -0.05) is 24.3 Å². The number of hydrogen-bond donors (Lipinski definition) is 1. The van der Waals surface area contributed by atoms with Crippen molar-refractivity contribution in [2.75, 3.05) is 31.6 Å². The molecule has 3 rings (SSSR count). The van der Waals surface area contributed by atoms with Gasteiger partial charge in [-0.3, -0.25) is 9.59 Å².